The van der Waals surface area contributed by atoms with Gasteiger partial charge in [0.25, 0.3) is 0 Å². The number of carboxylic acid groups (broad SMARTS) is 1. The first-order valence-corrected chi connectivity index (χ1v) is 8.04. The molecule has 132 valence electrons. The van der Waals surface area contributed by atoms with Crippen molar-refractivity contribution in [2.24, 2.45) is 0 Å². The molecule has 0 bridgehead atoms. The zero-order chi connectivity index (χ0) is 18.2. The second-order valence-corrected chi connectivity index (χ2v) is 5.87. The topological polar surface area (TPSA) is 98.7 Å². The Morgan fingerprint density at radius 2 is 1.64 bits per heavy atom. The van der Waals surface area contributed by atoms with Crippen molar-refractivity contribution in [3.8, 4) is 0 Å². The molecule has 6 nitrogen and oxygen atoms in total. The number of aliphatic hydroxyl groups excluding tert-OH is 1. The number of aromatic carboxylic acids is 1. The quantitative estimate of drug-likeness (QED) is 0.620. The van der Waals surface area contributed by atoms with Gasteiger partial charge in [-0.25, -0.2) is 9.59 Å². The van der Waals surface area contributed by atoms with Crippen LogP contribution in [0.3, 0.4) is 0 Å². The van der Waals surface area contributed by atoms with Gasteiger partial charge in [-0.05, 0) is 30.2 Å². The summed E-state index contributed by atoms with van der Waals surface area (Å²) in [5.41, 5.74) is 1.99. The van der Waals surface area contributed by atoms with Crippen molar-refractivity contribution in [2.75, 3.05) is 0 Å². The zero-order valence-corrected chi connectivity index (χ0v) is 14.0. The maximum absolute atomic E-state index is 11.9. The SMILES string of the molecule is CC(NC(=O)NCc1ccc(C(=O)O)cc1)C(O)Cc1ccccc1. The molecule has 0 aliphatic carbocycles. The molecule has 0 radical (unpaired) electrons. The number of benzene rings is 2. The Morgan fingerprint density at radius 3 is 2.24 bits per heavy atom. The normalized spacial score (nSPS) is 12.9. The number of hydrogen-bond acceptors (Lipinski definition) is 3. The Hall–Kier alpha value is -2.86. The predicted molar refractivity (Wildman–Crippen MR) is 94.4 cm³/mol. The van der Waals surface area contributed by atoms with E-state index in [2.05, 4.69) is 10.6 Å². The lowest BCUT2D eigenvalue weighted by molar-refractivity contribution is 0.0697. The molecule has 0 saturated heterocycles. The van der Waals surface area contributed by atoms with Crippen molar-refractivity contribution in [1.82, 2.24) is 10.6 Å². The molecule has 0 heterocycles. The second-order valence-electron chi connectivity index (χ2n) is 5.87. The van der Waals surface area contributed by atoms with Crippen LogP contribution in [0.5, 0.6) is 0 Å². The van der Waals surface area contributed by atoms with Crippen LogP contribution in [0.25, 0.3) is 0 Å². The molecule has 25 heavy (non-hydrogen) atoms. The van der Waals surface area contributed by atoms with E-state index in [1.165, 1.54) is 12.1 Å². The average Bonchev–Trinajstić information content (AvgIpc) is 2.61. The van der Waals surface area contributed by atoms with Crippen LogP contribution in [-0.4, -0.2) is 34.4 Å². The third kappa shape index (κ3) is 5.93. The minimum Gasteiger partial charge on any atom is -0.478 e. The van der Waals surface area contributed by atoms with E-state index in [4.69, 9.17) is 5.11 Å². The summed E-state index contributed by atoms with van der Waals surface area (Å²) in [6.07, 6.45) is -0.234. The largest absolute Gasteiger partial charge is 0.478 e. The Labute approximate surface area is 146 Å². The number of carboxylic acids is 1. The Kier molecular flexibility index (Phi) is 6.54. The summed E-state index contributed by atoms with van der Waals surface area (Å²) in [6.45, 7) is 2.02. The number of hydrogen-bond donors (Lipinski definition) is 4. The van der Waals surface area contributed by atoms with Crippen LogP contribution in [0.15, 0.2) is 54.6 Å². The van der Waals surface area contributed by atoms with Gasteiger partial charge in [0.05, 0.1) is 17.7 Å². The van der Waals surface area contributed by atoms with Gasteiger partial charge in [0, 0.05) is 13.0 Å². The van der Waals surface area contributed by atoms with Crippen molar-refractivity contribution < 1.29 is 19.8 Å². The van der Waals surface area contributed by atoms with Gasteiger partial charge in [-0.1, -0.05) is 42.5 Å². The first-order valence-electron chi connectivity index (χ1n) is 8.04. The van der Waals surface area contributed by atoms with Crippen molar-refractivity contribution in [2.45, 2.75) is 32.0 Å². The molecule has 0 aliphatic heterocycles. The number of carbonyl (C=O) groups excluding carboxylic acids is 1. The van der Waals surface area contributed by atoms with Gasteiger partial charge in [-0.15, -0.1) is 0 Å². The van der Waals surface area contributed by atoms with E-state index in [0.29, 0.717) is 6.42 Å². The van der Waals surface area contributed by atoms with Crippen LogP contribution in [0.2, 0.25) is 0 Å². The maximum atomic E-state index is 11.9. The maximum Gasteiger partial charge on any atom is 0.335 e. The first kappa shape index (κ1) is 18.5. The zero-order valence-electron chi connectivity index (χ0n) is 14.0. The summed E-state index contributed by atoms with van der Waals surface area (Å²) >= 11 is 0. The monoisotopic (exact) mass is 342 g/mol. The van der Waals surface area contributed by atoms with E-state index in [9.17, 15) is 14.7 Å². The Bertz CT molecular complexity index is 701. The molecule has 0 saturated carbocycles. The minimum absolute atomic E-state index is 0.200. The van der Waals surface area contributed by atoms with Crippen LogP contribution < -0.4 is 10.6 Å². The number of nitrogens with one attached hydrogen (secondary N) is 2. The van der Waals surface area contributed by atoms with Gasteiger partial charge in [-0.2, -0.15) is 0 Å². The van der Waals surface area contributed by atoms with Crippen LogP contribution in [0.1, 0.15) is 28.4 Å². The highest BCUT2D eigenvalue weighted by molar-refractivity contribution is 5.87. The summed E-state index contributed by atoms with van der Waals surface area (Å²) in [7, 11) is 0. The van der Waals surface area contributed by atoms with Gasteiger partial charge >= 0.3 is 12.0 Å². The van der Waals surface area contributed by atoms with Gasteiger partial charge in [-0.3, -0.25) is 0 Å². The Balaban J connectivity index is 1.78. The molecule has 2 amide bonds. The molecule has 0 spiro atoms. The van der Waals surface area contributed by atoms with Crippen LogP contribution in [-0.2, 0) is 13.0 Å². The first-order chi connectivity index (χ1) is 12.0. The lowest BCUT2D eigenvalue weighted by Gasteiger charge is -2.20. The predicted octanol–water partition coefficient (Wildman–Crippen LogP) is 2.18. The summed E-state index contributed by atoms with van der Waals surface area (Å²) in [6, 6.07) is 15.1. The van der Waals surface area contributed by atoms with E-state index in [0.717, 1.165) is 11.1 Å². The minimum atomic E-state index is -0.988. The van der Waals surface area contributed by atoms with E-state index < -0.39 is 18.1 Å². The molecule has 0 aromatic heterocycles. The van der Waals surface area contributed by atoms with Crippen molar-refractivity contribution in [3.05, 3.63) is 71.3 Å². The van der Waals surface area contributed by atoms with Gasteiger partial charge in [0.1, 0.15) is 0 Å². The fourth-order valence-corrected chi connectivity index (χ4v) is 2.33. The third-order valence-electron chi connectivity index (χ3n) is 3.88. The highest BCUT2D eigenvalue weighted by Crippen LogP contribution is 2.06. The molecule has 6 heteroatoms. The summed E-state index contributed by atoms with van der Waals surface area (Å²) < 4.78 is 0. The fraction of sp³-hybridized carbons (Fsp3) is 0.263. The van der Waals surface area contributed by atoms with E-state index in [-0.39, 0.29) is 18.1 Å². The van der Waals surface area contributed by atoms with Gasteiger partial charge in [0.15, 0.2) is 0 Å². The van der Waals surface area contributed by atoms with Crippen molar-refractivity contribution >= 4 is 12.0 Å². The van der Waals surface area contributed by atoms with Crippen LogP contribution in [0.4, 0.5) is 4.79 Å². The highest BCUT2D eigenvalue weighted by atomic mass is 16.4. The summed E-state index contributed by atoms with van der Waals surface area (Å²) in [5, 5.41) is 24.4. The van der Waals surface area contributed by atoms with E-state index in [1.807, 2.05) is 30.3 Å². The lowest BCUT2D eigenvalue weighted by Crippen LogP contribution is -2.46. The number of carbonyl (C=O) groups is 2. The molecule has 2 aromatic rings. The molecule has 0 fully saturated rings. The average molecular weight is 342 g/mol. The van der Waals surface area contributed by atoms with Gasteiger partial charge in [0.2, 0.25) is 0 Å². The standard InChI is InChI=1S/C19H22N2O4/c1-13(17(22)11-14-5-3-2-4-6-14)21-19(25)20-12-15-7-9-16(10-8-15)18(23)24/h2-10,13,17,22H,11-12H2,1H3,(H,23,24)(H2,20,21,25). The van der Waals surface area contributed by atoms with Crippen molar-refractivity contribution in [3.63, 3.8) is 0 Å². The van der Waals surface area contributed by atoms with E-state index >= 15 is 0 Å². The number of rotatable bonds is 7. The molecule has 2 atom stereocenters. The number of amides is 2. The lowest BCUT2D eigenvalue weighted by atomic mass is 10.0. The fourth-order valence-electron chi connectivity index (χ4n) is 2.33. The van der Waals surface area contributed by atoms with Crippen LogP contribution in [0, 0.1) is 0 Å². The van der Waals surface area contributed by atoms with Gasteiger partial charge < -0.3 is 20.8 Å². The molecular weight excluding hydrogens is 320 g/mol. The third-order valence-corrected chi connectivity index (χ3v) is 3.88. The van der Waals surface area contributed by atoms with Crippen LogP contribution >= 0.6 is 0 Å². The molecule has 0 aliphatic rings. The number of urea groups is 1. The highest BCUT2D eigenvalue weighted by Gasteiger charge is 2.16. The second kappa shape index (κ2) is 8.84. The molecule has 2 rings (SSSR count). The molecule has 4 N–H and O–H groups in total. The smallest absolute Gasteiger partial charge is 0.335 e. The van der Waals surface area contributed by atoms with Crippen molar-refractivity contribution in [1.29, 1.82) is 0 Å². The molecule has 2 unspecified atom stereocenters. The summed E-state index contributed by atoms with van der Waals surface area (Å²) in [4.78, 5) is 22.7. The molecular formula is C19H22N2O4. The molecule has 2 aromatic carbocycles. The van der Waals surface area contributed by atoms with E-state index in [1.54, 1.807) is 19.1 Å². The number of aliphatic hydroxyl groups is 1. The Morgan fingerprint density at radius 1 is 1.00 bits per heavy atom. The summed E-state index contributed by atoms with van der Waals surface area (Å²) in [5.74, 6) is -0.988.